The largest absolute Gasteiger partial charge is 0.495 e. The van der Waals surface area contributed by atoms with Gasteiger partial charge < -0.3 is 4.74 Å². The molecule has 0 heterocycles. The molecule has 2 aromatic carbocycles. The van der Waals surface area contributed by atoms with Crippen LogP contribution in [0.1, 0.15) is 80.1 Å². The summed E-state index contributed by atoms with van der Waals surface area (Å²) in [5, 5.41) is 0. The van der Waals surface area contributed by atoms with E-state index in [0.717, 1.165) is 24.2 Å². The van der Waals surface area contributed by atoms with Crippen LogP contribution in [-0.2, 0) is 23.7 Å². The Balaban J connectivity index is 2.17. The molecule has 0 saturated heterocycles. The van der Waals surface area contributed by atoms with E-state index in [9.17, 15) is 4.79 Å². The van der Waals surface area contributed by atoms with Crippen LogP contribution in [0.25, 0.3) is 11.1 Å². The molecule has 0 saturated carbocycles. The summed E-state index contributed by atoms with van der Waals surface area (Å²) < 4.78 is 5.97. The molecule has 4 rings (SSSR count). The van der Waals surface area contributed by atoms with Crippen molar-refractivity contribution < 1.29 is 9.53 Å². The predicted octanol–water partition coefficient (Wildman–Crippen LogP) is 6.57. The minimum atomic E-state index is -0.139. The van der Waals surface area contributed by atoms with Crippen molar-refractivity contribution in [2.45, 2.75) is 71.1 Å². The first kappa shape index (κ1) is 19.9. The van der Waals surface area contributed by atoms with Crippen LogP contribution in [0.15, 0.2) is 36.4 Å². The number of ketones is 1. The number of aryl methyl sites for hydroxylation is 1. The summed E-state index contributed by atoms with van der Waals surface area (Å²) in [6, 6.07) is 8.75. The van der Waals surface area contributed by atoms with Gasteiger partial charge in [-0.25, -0.2) is 0 Å². The number of carbonyl (C=O) groups is 1. The Morgan fingerprint density at radius 2 is 1.69 bits per heavy atom. The second-order valence-corrected chi connectivity index (χ2v) is 9.74. The number of allylic oxidation sites excluding steroid dienone is 2. The van der Waals surface area contributed by atoms with E-state index in [0.29, 0.717) is 5.56 Å². The average Bonchev–Trinajstić information content (AvgIpc) is 2.69. The maximum absolute atomic E-state index is 12.7. The number of Topliss-reactive ketones (excluding diaryl/α,β-unsaturated/α-hetero) is 1. The quantitative estimate of drug-likeness (QED) is 0.439. The fourth-order valence-electron chi connectivity index (χ4n) is 5.18. The Morgan fingerprint density at radius 3 is 2.38 bits per heavy atom. The third-order valence-electron chi connectivity index (χ3n) is 6.78. The Morgan fingerprint density at radius 1 is 1.00 bits per heavy atom. The fraction of sp³-hybridized carbons (Fsp3) is 0.444. The van der Waals surface area contributed by atoms with Gasteiger partial charge >= 0.3 is 0 Å². The van der Waals surface area contributed by atoms with Gasteiger partial charge in [0.25, 0.3) is 0 Å². The highest BCUT2D eigenvalue weighted by Crippen LogP contribution is 2.51. The lowest BCUT2D eigenvalue weighted by molar-refractivity contribution is 0.101. The van der Waals surface area contributed by atoms with Crippen LogP contribution in [0.4, 0.5) is 0 Å². The number of rotatable bonds is 3. The fourth-order valence-corrected chi connectivity index (χ4v) is 5.18. The van der Waals surface area contributed by atoms with Crippen molar-refractivity contribution in [2.75, 3.05) is 7.11 Å². The van der Waals surface area contributed by atoms with Gasteiger partial charge in [0.05, 0.1) is 12.7 Å². The second kappa shape index (κ2) is 6.86. The Hall–Kier alpha value is -2.35. The lowest BCUT2D eigenvalue weighted by Crippen LogP contribution is -2.31. The van der Waals surface area contributed by atoms with Crippen molar-refractivity contribution in [2.24, 2.45) is 0 Å². The molecule has 0 amide bonds. The zero-order valence-corrected chi connectivity index (χ0v) is 18.6. The van der Waals surface area contributed by atoms with Gasteiger partial charge in [-0.3, -0.25) is 4.79 Å². The van der Waals surface area contributed by atoms with Crippen LogP contribution in [0.3, 0.4) is 0 Å². The minimum Gasteiger partial charge on any atom is -0.495 e. The molecule has 2 aliphatic rings. The molecule has 0 unspecified atom stereocenters. The SMILES string of the molecule is COc1c(C(C)=O)cc2c(c1-c1cccc3c1CCCC3)C(C)(C)C=CC2(C)C. The number of benzene rings is 2. The third kappa shape index (κ3) is 3.13. The van der Waals surface area contributed by atoms with E-state index >= 15 is 0 Å². The van der Waals surface area contributed by atoms with Gasteiger partial charge in [-0.1, -0.05) is 58.0 Å². The number of carbonyl (C=O) groups excluding carboxylic acids is 1. The van der Waals surface area contributed by atoms with Crippen molar-refractivity contribution in [1.29, 1.82) is 0 Å². The van der Waals surface area contributed by atoms with E-state index in [1.54, 1.807) is 14.0 Å². The average molecular weight is 389 g/mol. The van der Waals surface area contributed by atoms with E-state index in [1.807, 2.05) is 0 Å². The van der Waals surface area contributed by atoms with Gasteiger partial charge in [-0.15, -0.1) is 0 Å². The van der Waals surface area contributed by atoms with Gasteiger partial charge in [0.15, 0.2) is 5.78 Å². The molecule has 152 valence electrons. The molecule has 2 heteroatoms. The minimum absolute atomic E-state index is 0.0545. The summed E-state index contributed by atoms with van der Waals surface area (Å²) in [5.74, 6) is 0.785. The Bertz CT molecular complexity index is 1020. The van der Waals surface area contributed by atoms with E-state index in [-0.39, 0.29) is 16.6 Å². The molecular formula is C27H32O2. The normalized spacial score (nSPS) is 18.7. The molecule has 2 nitrogen and oxygen atoms in total. The van der Waals surface area contributed by atoms with Crippen LogP contribution < -0.4 is 4.74 Å². The van der Waals surface area contributed by atoms with Crippen molar-refractivity contribution in [3.05, 3.63) is 64.2 Å². The summed E-state index contributed by atoms with van der Waals surface area (Å²) in [5.41, 5.74) is 8.20. The highest BCUT2D eigenvalue weighted by atomic mass is 16.5. The number of methoxy groups -OCH3 is 1. The van der Waals surface area contributed by atoms with E-state index < -0.39 is 0 Å². The van der Waals surface area contributed by atoms with Gasteiger partial charge in [0.1, 0.15) is 5.75 Å². The molecule has 2 aromatic rings. The highest BCUT2D eigenvalue weighted by Gasteiger charge is 2.38. The van der Waals surface area contributed by atoms with Crippen LogP contribution in [0, 0.1) is 0 Å². The van der Waals surface area contributed by atoms with Gasteiger partial charge in [-0.05, 0) is 66.5 Å². The molecule has 0 atom stereocenters. The number of fused-ring (bicyclic) bond motifs is 2. The van der Waals surface area contributed by atoms with E-state index in [2.05, 4.69) is 64.1 Å². The van der Waals surface area contributed by atoms with Crippen molar-refractivity contribution in [3.63, 3.8) is 0 Å². The molecule has 0 radical (unpaired) electrons. The molecule has 0 bridgehead atoms. The molecule has 29 heavy (non-hydrogen) atoms. The van der Waals surface area contributed by atoms with Crippen LogP contribution in [0.2, 0.25) is 0 Å². The lowest BCUT2D eigenvalue weighted by atomic mass is 9.64. The topological polar surface area (TPSA) is 26.3 Å². The first-order valence-corrected chi connectivity index (χ1v) is 10.8. The molecule has 2 aliphatic carbocycles. The summed E-state index contributed by atoms with van der Waals surface area (Å²) in [6.07, 6.45) is 9.30. The maximum Gasteiger partial charge on any atom is 0.163 e. The smallest absolute Gasteiger partial charge is 0.163 e. The van der Waals surface area contributed by atoms with Gasteiger partial charge in [0, 0.05) is 16.4 Å². The van der Waals surface area contributed by atoms with Crippen LogP contribution >= 0.6 is 0 Å². The molecule has 0 N–H and O–H groups in total. The van der Waals surface area contributed by atoms with Crippen LogP contribution in [0.5, 0.6) is 5.75 Å². The summed E-state index contributed by atoms with van der Waals surface area (Å²) >= 11 is 0. The number of ether oxygens (including phenoxy) is 1. The maximum atomic E-state index is 12.7. The predicted molar refractivity (Wildman–Crippen MR) is 120 cm³/mol. The van der Waals surface area contributed by atoms with Gasteiger partial charge in [0.2, 0.25) is 0 Å². The second-order valence-electron chi connectivity index (χ2n) is 9.74. The van der Waals surface area contributed by atoms with Crippen molar-refractivity contribution >= 4 is 5.78 Å². The number of hydrogen-bond acceptors (Lipinski definition) is 2. The highest BCUT2D eigenvalue weighted by molar-refractivity contribution is 6.01. The van der Waals surface area contributed by atoms with Crippen molar-refractivity contribution in [1.82, 2.24) is 0 Å². The first-order valence-electron chi connectivity index (χ1n) is 10.8. The first-order chi connectivity index (χ1) is 13.7. The zero-order chi connectivity index (χ0) is 21.0. The summed E-state index contributed by atoms with van der Waals surface area (Å²) in [4.78, 5) is 12.7. The van der Waals surface area contributed by atoms with E-state index in [4.69, 9.17) is 4.74 Å². The molecule has 0 aromatic heterocycles. The summed E-state index contributed by atoms with van der Waals surface area (Å²) in [6.45, 7) is 10.6. The van der Waals surface area contributed by atoms with E-state index in [1.165, 1.54) is 40.7 Å². The van der Waals surface area contributed by atoms with Crippen molar-refractivity contribution in [3.8, 4) is 16.9 Å². The zero-order valence-electron chi connectivity index (χ0n) is 18.6. The third-order valence-corrected chi connectivity index (χ3v) is 6.78. The monoisotopic (exact) mass is 388 g/mol. The lowest BCUT2D eigenvalue weighted by Gasteiger charge is -2.40. The van der Waals surface area contributed by atoms with Gasteiger partial charge in [-0.2, -0.15) is 0 Å². The Kier molecular flexibility index (Phi) is 4.72. The molecule has 0 aliphatic heterocycles. The molecular weight excluding hydrogens is 356 g/mol. The summed E-state index contributed by atoms with van der Waals surface area (Å²) in [7, 11) is 1.70. The Labute approximate surface area is 175 Å². The number of hydrogen-bond donors (Lipinski definition) is 0. The molecule has 0 spiro atoms. The van der Waals surface area contributed by atoms with Crippen LogP contribution in [-0.4, -0.2) is 12.9 Å². The molecule has 0 fully saturated rings. The standard InChI is InChI=1S/C27H32O2/c1-17(28)21-16-22-24(27(4,5)15-14-26(22,2)3)23(25(21)29-6)20-13-9-11-18-10-7-8-12-19(18)20/h9,11,13-16H,7-8,10,12H2,1-6H3.